The average molecular weight is 174 g/mol. The number of rotatable bonds is 2. The highest BCUT2D eigenvalue weighted by molar-refractivity contribution is 7.50. The van der Waals surface area contributed by atoms with Crippen molar-refractivity contribution in [2.24, 2.45) is 0 Å². The second-order valence-corrected chi connectivity index (χ2v) is 3.63. The maximum Gasteiger partial charge on any atom is 0.652 e. The summed E-state index contributed by atoms with van der Waals surface area (Å²) in [6, 6.07) is 0. The summed E-state index contributed by atoms with van der Waals surface area (Å²) in [4.78, 5) is 0. The molecule has 5 heteroatoms. The fourth-order valence-electron chi connectivity index (χ4n) is 0.818. The predicted octanol–water partition coefficient (Wildman–Crippen LogP) is 2.31. The molecule has 0 spiro atoms. The van der Waals surface area contributed by atoms with Gasteiger partial charge in [-0.3, -0.25) is 0 Å². The molecule has 3 rings (SSSR count). The molecule has 3 aliphatic rings. The minimum absolute atomic E-state index is 0.248. The van der Waals surface area contributed by atoms with Gasteiger partial charge in [0.15, 0.2) is 0 Å². The standard InChI is InChI=1S/C6H7O4P/c1-2-3-4-5-6-9-11(7,8-5)10-6/h3-4H,2H2,1H3/b4-3+. The highest BCUT2D eigenvalue weighted by Crippen LogP contribution is 2.70. The van der Waals surface area contributed by atoms with Crippen molar-refractivity contribution < 1.29 is 18.1 Å². The number of fused-ring (bicyclic) bond motifs is 1. The molecule has 2 bridgehead atoms. The molecule has 3 heterocycles. The van der Waals surface area contributed by atoms with Crippen molar-refractivity contribution in [2.75, 3.05) is 0 Å². The van der Waals surface area contributed by atoms with Gasteiger partial charge in [-0.15, -0.1) is 0 Å². The van der Waals surface area contributed by atoms with Gasteiger partial charge in [0.25, 0.3) is 0 Å². The van der Waals surface area contributed by atoms with Gasteiger partial charge in [0, 0.05) is 0 Å². The lowest BCUT2D eigenvalue weighted by molar-refractivity contribution is 0.0985. The quantitative estimate of drug-likeness (QED) is 0.602. The molecular weight excluding hydrogens is 167 g/mol. The van der Waals surface area contributed by atoms with Crippen LogP contribution in [0.2, 0.25) is 0 Å². The first kappa shape index (κ1) is 6.80. The van der Waals surface area contributed by atoms with Crippen molar-refractivity contribution >= 4 is 7.82 Å². The molecule has 0 N–H and O–H groups in total. The van der Waals surface area contributed by atoms with E-state index in [2.05, 4.69) is 9.05 Å². The van der Waals surface area contributed by atoms with Gasteiger partial charge in [-0.2, -0.15) is 4.57 Å². The van der Waals surface area contributed by atoms with Gasteiger partial charge in [-0.25, -0.2) is 0 Å². The van der Waals surface area contributed by atoms with E-state index < -0.39 is 7.82 Å². The lowest BCUT2D eigenvalue weighted by Crippen LogP contribution is -1.99. The molecular formula is C6H7O4P. The summed E-state index contributed by atoms with van der Waals surface area (Å²) < 4.78 is 25.1. The molecule has 0 amide bonds. The molecule has 1 saturated heterocycles. The fourth-order valence-corrected chi connectivity index (χ4v) is 1.87. The Hall–Kier alpha value is -0.890. The van der Waals surface area contributed by atoms with E-state index in [4.69, 9.17) is 4.52 Å². The van der Waals surface area contributed by atoms with E-state index in [1.165, 1.54) is 0 Å². The fraction of sp³-hybridized carbons (Fsp3) is 0.333. The van der Waals surface area contributed by atoms with Gasteiger partial charge in [0.05, 0.1) is 0 Å². The minimum atomic E-state index is -3.12. The molecule has 60 valence electrons. The Balaban J connectivity index is 2.13. The third kappa shape index (κ3) is 0.942. The average Bonchev–Trinajstić information content (AvgIpc) is 2.36. The van der Waals surface area contributed by atoms with E-state index >= 15 is 0 Å². The molecule has 11 heavy (non-hydrogen) atoms. The SMILES string of the molecule is CC/C=C/C1=C2OP(=O)(O1)O2. The van der Waals surface area contributed by atoms with Crippen LogP contribution in [0.4, 0.5) is 0 Å². The van der Waals surface area contributed by atoms with Gasteiger partial charge < -0.3 is 13.6 Å². The number of phosphoric acid groups is 1. The molecule has 1 fully saturated rings. The molecule has 0 aromatic rings. The van der Waals surface area contributed by atoms with Crippen molar-refractivity contribution in [2.45, 2.75) is 13.3 Å². The molecule has 0 aliphatic carbocycles. The summed E-state index contributed by atoms with van der Waals surface area (Å²) in [5.41, 5.74) is 0. The van der Waals surface area contributed by atoms with E-state index in [1.54, 1.807) is 6.08 Å². The molecule has 0 aromatic heterocycles. The van der Waals surface area contributed by atoms with Crippen LogP contribution in [0.25, 0.3) is 0 Å². The summed E-state index contributed by atoms with van der Waals surface area (Å²) in [6.07, 6.45) is 4.47. The Morgan fingerprint density at radius 3 is 2.64 bits per heavy atom. The lowest BCUT2D eigenvalue weighted by atomic mass is 10.4. The van der Waals surface area contributed by atoms with Crippen LogP contribution in [0, 0.1) is 0 Å². The van der Waals surface area contributed by atoms with Crippen LogP contribution in [0.1, 0.15) is 13.3 Å². The largest absolute Gasteiger partial charge is 0.652 e. The number of phosphoric ester groups is 1. The molecule has 0 saturated carbocycles. The maximum absolute atomic E-state index is 10.9. The first-order valence-corrected chi connectivity index (χ1v) is 4.79. The Bertz CT molecular complexity index is 279. The van der Waals surface area contributed by atoms with Crippen molar-refractivity contribution in [3.05, 3.63) is 23.9 Å². The zero-order valence-electron chi connectivity index (χ0n) is 5.94. The van der Waals surface area contributed by atoms with Crippen molar-refractivity contribution in [1.82, 2.24) is 0 Å². The zero-order chi connectivity index (χ0) is 7.90. The number of hydrogen-bond acceptors (Lipinski definition) is 4. The molecule has 0 radical (unpaired) electrons. The molecule has 4 nitrogen and oxygen atoms in total. The molecule has 3 aliphatic heterocycles. The summed E-state index contributed by atoms with van der Waals surface area (Å²) >= 11 is 0. The number of allylic oxidation sites excluding steroid dienone is 2. The molecule has 0 unspecified atom stereocenters. The van der Waals surface area contributed by atoms with Gasteiger partial charge in [-0.05, 0) is 12.5 Å². The van der Waals surface area contributed by atoms with Gasteiger partial charge in [0.1, 0.15) is 0 Å². The monoisotopic (exact) mass is 174 g/mol. The van der Waals surface area contributed by atoms with Crippen LogP contribution < -0.4 is 0 Å². The summed E-state index contributed by atoms with van der Waals surface area (Å²) in [5, 5.41) is 0. The van der Waals surface area contributed by atoms with Gasteiger partial charge >= 0.3 is 13.8 Å². The first-order chi connectivity index (χ1) is 5.23. The Morgan fingerprint density at radius 1 is 1.45 bits per heavy atom. The Labute approximate surface area is 64.1 Å². The summed E-state index contributed by atoms with van der Waals surface area (Å²) in [5.74, 6) is 0.688. The van der Waals surface area contributed by atoms with Crippen molar-refractivity contribution in [3.63, 3.8) is 0 Å². The van der Waals surface area contributed by atoms with Crippen LogP contribution in [0.15, 0.2) is 23.9 Å². The number of hydrogen-bond donors (Lipinski definition) is 0. The highest BCUT2D eigenvalue weighted by Gasteiger charge is 2.55. The van der Waals surface area contributed by atoms with Gasteiger partial charge in [0.2, 0.25) is 5.76 Å². The highest BCUT2D eigenvalue weighted by atomic mass is 31.2. The second kappa shape index (κ2) is 2.05. The Morgan fingerprint density at radius 2 is 2.18 bits per heavy atom. The van der Waals surface area contributed by atoms with Crippen LogP contribution in [0.3, 0.4) is 0 Å². The maximum atomic E-state index is 10.9. The van der Waals surface area contributed by atoms with Crippen LogP contribution in [-0.2, 0) is 18.1 Å². The topological polar surface area (TPSA) is 44.8 Å². The smallest absolute Gasteiger partial charge is 0.378 e. The summed E-state index contributed by atoms with van der Waals surface area (Å²) in [7, 11) is -3.12. The zero-order valence-corrected chi connectivity index (χ0v) is 6.84. The van der Waals surface area contributed by atoms with E-state index in [0.29, 0.717) is 5.76 Å². The van der Waals surface area contributed by atoms with E-state index in [-0.39, 0.29) is 5.95 Å². The molecule has 0 atom stereocenters. The van der Waals surface area contributed by atoms with E-state index in [1.807, 2.05) is 13.0 Å². The normalized spacial score (nSPS) is 24.1. The van der Waals surface area contributed by atoms with Crippen molar-refractivity contribution in [1.29, 1.82) is 0 Å². The third-order valence-electron chi connectivity index (χ3n) is 1.31. The second-order valence-electron chi connectivity index (χ2n) is 2.18. The van der Waals surface area contributed by atoms with Crippen LogP contribution in [-0.4, -0.2) is 0 Å². The Kier molecular flexibility index (Phi) is 1.26. The minimum Gasteiger partial charge on any atom is -0.378 e. The van der Waals surface area contributed by atoms with Crippen molar-refractivity contribution in [3.8, 4) is 0 Å². The van der Waals surface area contributed by atoms with Gasteiger partial charge in [-0.1, -0.05) is 13.0 Å². The third-order valence-corrected chi connectivity index (χ3v) is 2.50. The van der Waals surface area contributed by atoms with E-state index in [0.717, 1.165) is 6.42 Å². The van der Waals surface area contributed by atoms with Crippen LogP contribution >= 0.6 is 7.82 Å². The summed E-state index contributed by atoms with van der Waals surface area (Å²) in [6.45, 7) is 1.99. The predicted molar refractivity (Wildman–Crippen MR) is 37.3 cm³/mol. The lowest BCUT2D eigenvalue weighted by Gasteiger charge is -2.15. The van der Waals surface area contributed by atoms with E-state index in [9.17, 15) is 4.57 Å². The molecule has 0 aromatic carbocycles. The first-order valence-electron chi connectivity index (χ1n) is 3.33. The van der Waals surface area contributed by atoms with Crippen LogP contribution in [0.5, 0.6) is 0 Å².